The van der Waals surface area contributed by atoms with Gasteiger partial charge in [0.2, 0.25) is 0 Å². The van der Waals surface area contributed by atoms with Crippen LogP contribution in [-0.4, -0.2) is 11.9 Å². The Morgan fingerprint density at radius 1 is 1.37 bits per heavy atom. The van der Waals surface area contributed by atoms with Gasteiger partial charge >= 0.3 is 0 Å². The fourth-order valence-electron chi connectivity index (χ4n) is 2.71. The summed E-state index contributed by atoms with van der Waals surface area (Å²) in [5.74, 6) is 0.605. The molecule has 0 radical (unpaired) electrons. The molecular formula is C15H21BrN2O. The Bertz CT molecular complexity index is 455. The lowest BCUT2D eigenvalue weighted by Gasteiger charge is -2.28. The topological polar surface area (TPSA) is 55.1 Å². The van der Waals surface area contributed by atoms with Crippen molar-refractivity contribution < 1.29 is 4.79 Å². The van der Waals surface area contributed by atoms with Crippen LogP contribution in [0.25, 0.3) is 0 Å². The molecule has 1 aromatic carbocycles. The SMILES string of the molecule is C[C@H](NC(=O)c1ccc(N)c(Br)c1)C1CCCCC1. The molecule has 104 valence electrons. The first-order chi connectivity index (χ1) is 9.08. The molecule has 0 aromatic heterocycles. The summed E-state index contributed by atoms with van der Waals surface area (Å²) in [6.07, 6.45) is 6.37. The molecule has 1 amide bonds. The molecule has 0 saturated heterocycles. The number of hydrogen-bond acceptors (Lipinski definition) is 2. The summed E-state index contributed by atoms with van der Waals surface area (Å²) in [4.78, 5) is 12.2. The number of nitrogens with two attached hydrogens (primary N) is 1. The minimum atomic E-state index is -0.0150. The molecule has 0 aliphatic heterocycles. The molecule has 3 nitrogen and oxygen atoms in total. The number of hydrogen-bond donors (Lipinski definition) is 2. The number of rotatable bonds is 3. The number of nitrogen functional groups attached to an aromatic ring is 1. The van der Waals surface area contributed by atoms with Gasteiger partial charge in [-0.25, -0.2) is 0 Å². The van der Waals surface area contributed by atoms with Crippen molar-refractivity contribution in [2.75, 3.05) is 5.73 Å². The molecule has 0 heterocycles. The third kappa shape index (κ3) is 3.72. The first kappa shape index (κ1) is 14.4. The minimum absolute atomic E-state index is 0.0150. The van der Waals surface area contributed by atoms with Gasteiger partial charge in [0.1, 0.15) is 0 Å². The average molecular weight is 325 g/mol. The third-order valence-electron chi connectivity index (χ3n) is 3.98. The molecule has 1 fully saturated rings. The lowest BCUT2D eigenvalue weighted by molar-refractivity contribution is 0.0919. The summed E-state index contributed by atoms with van der Waals surface area (Å²) in [5.41, 5.74) is 7.03. The second kappa shape index (κ2) is 6.42. The van der Waals surface area contributed by atoms with Gasteiger partial charge < -0.3 is 11.1 Å². The molecule has 19 heavy (non-hydrogen) atoms. The molecule has 1 aromatic rings. The highest BCUT2D eigenvalue weighted by Crippen LogP contribution is 2.26. The molecule has 2 rings (SSSR count). The van der Waals surface area contributed by atoms with Gasteiger partial charge in [-0.1, -0.05) is 19.3 Å². The maximum Gasteiger partial charge on any atom is 0.251 e. The van der Waals surface area contributed by atoms with Crippen LogP contribution in [0.3, 0.4) is 0 Å². The number of carbonyl (C=O) groups is 1. The second-order valence-corrected chi connectivity index (χ2v) is 6.25. The van der Waals surface area contributed by atoms with Crippen molar-refractivity contribution in [1.82, 2.24) is 5.32 Å². The normalized spacial score (nSPS) is 18.0. The Hall–Kier alpha value is -1.03. The molecule has 4 heteroatoms. The lowest BCUT2D eigenvalue weighted by atomic mass is 9.84. The van der Waals surface area contributed by atoms with Crippen molar-refractivity contribution in [3.8, 4) is 0 Å². The maximum atomic E-state index is 12.2. The van der Waals surface area contributed by atoms with E-state index in [-0.39, 0.29) is 11.9 Å². The first-order valence-electron chi connectivity index (χ1n) is 6.94. The van der Waals surface area contributed by atoms with Gasteiger partial charge in [-0.3, -0.25) is 4.79 Å². The van der Waals surface area contributed by atoms with E-state index in [1.807, 2.05) is 0 Å². The molecule has 0 bridgehead atoms. The monoisotopic (exact) mass is 324 g/mol. The van der Waals surface area contributed by atoms with E-state index in [2.05, 4.69) is 28.2 Å². The molecule has 3 N–H and O–H groups in total. The molecule has 0 spiro atoms. The van der Waals surface area contributed by atoms with Crippen LogP contribution in [0.4, 0.5) is 5.69 Å². The van der Waals surface area contributed by atoms with Crippen molar-refractivity contribution in [3.63, 3.8) is 0 Å². The molecule has 1 atom stereocenters. The zero-order valence-electron chi connectivity index (χ0n) is 11.3. The fourth-order valence-corrected chi connectivity index (χ4v) is 3.09. The molecule has 0 unspecified atom stereocenters. The van der Waals surface area contributed by atoms with Crippen molar-refractivity contribution in [2.45, 2.75) is 45.1 Å². The van der Waals surface area contributed by atoms with Crippen LogP contribution in [0.15, 0.2) is 22.7 Å². The summed E-state index contributed by atoms with van der Waals surface area (Å²) in [6, 6.07) is 5.54. The standard InChI is InChI=1S/C15H21BrN2O/c1-10(11-5-3-2-4-6-11)18-15(19)12-7-8-14(17)13(16)9-12/h7-11H,2-6,17H2,1H3,(H,18,19)/t10-/m0/s1. The highest BCUT2D eigenvalue weighted by molar-refractivity contribution is 9.10. The summed E-state index contributed by atoms with van der Waals surface area (Å²) < 4.78 is 0.769. The summed E-state index contributed by atoms with van der Waals surface area (Å²) in [6.45, 7) is 2.11. The van der Waals surface area contributed by atoms with Gasteiger partial charge in [0, 0.05) is 21.8 Å². The van der Waals surface area contributed by atoms with Crippen molar-refractivity contribution in [1.29, 1.82) is 0 Å². The van der Waals surface area contributed by atoms with E-state index in [1.54, 1.807) is 18.2 Å². The smallest absolute Gasteiger partial charge is 0.251 e. The zero-order chi connectivity index (χ0) is 13.8. The Morgan fingerprint density at radius 3 is 2.68 bits per heavy atom. The van der Waals surface area contributed by atoms with E-state index in [4.69, 9.17) is 5.73 Å². The highest BCUT2D eigenvalue weighted by Gasteiger charge is 2.21. The maximum absolute atomic E-state index is 12.2. The van der Waals surface area contributed by atoms with Crippen LogP contribution < -0.4 is 11.1 Å². The second-order valence-electron chi connectivity index (χ2n) is 5.40. The average Bonchev–Trinajstić information content (AvgIpc) is 2.42. The Balaban J connectivity index is 1.97. The van der Waals surface area contributed by atoms with E-state index in [9.17, 15) is 4.79 Å². The summed E-state index contributed by atoms with van der Waals surface area (Å²) >= 11 is 3.35. The van der Waals surface area contributed by atoms with Crippen LogP contribution in [0.5, 0.6) is 0 Å². The number of amides is 1. The Kier molecular flexibility index (Phi) is 4.86. The van der Waals surface area contributed by atoms with E-state index in [1.165, 1.54) is 32.1 Å². The van der Waals surface area contributed by atoms with E-state index >= 15 is 0 Å². The minimum Gasteiger partial charge on any atom is -0.398 e. The lowest BCUT2D eigenvalue weighted by Crippen LogP contribution is -2.38. The van der Waals surface area contributed by atoms with Gasteiger partial charge in [0.25, 0.3) is 5.91 Å². The highest BCUT2D eigenvalue weighted by atomic mass is 79.9. The van der Waals surface area contributed by atoms with E-state index < -0.39 is 0 Å². The van der Waals surface area contributed by atoms with Crippen molar-refractivity contribution in [2.24, 2.45) is 5.92 Å². The molecule has 1 aliphatic carbocycles. The van der Waals surface area contributed by atoms with Crippen LogP contribution in [-0.2, 0) is 0 Å². The van der Waals surface area contributed by atoms with E-state index in [0.29, 0.717) is 17.2 Å². The van der Waals surface area contributed by atoms with Gasteiger partial charge in [0.15, 0.2) is 0 Å². The predicted octanol–water partition coefficient (Wildman–Crippen LogP) is 3.73. The number of halogens is 1. The van der Waals surface area contributed by atoms with Crippen LogP contribution in [0, 0.1) is 5.92 Å². The molecule has 1 aliphatic rings. The van der Waals surface area contributed by atoms with Crippen LogP contribution in [0.1, 0.15) is 49.4 Å². The van der Waals surface area contributed by atoms with Gasteiger partial charge in [-0.2, -0.15) is 0 Å². The quantitative estimate of drug-likeness (QED) is 0.832. The predicted molar refractivity (Wildman–Crippen MR) is 82.1 cm³/mol. The third-order valence-corrected chi connectivity index (χ3v) is 4.67. The summed E-state index contributed by atoms with van der Waals surface area (Å²) in [7, 11) is 0. The van der Waals surface area contributed by atoms with Gasteiger partial charge in [0.05, 0.1) is 0 Å². The Labute approximate surface area is 123 Å². The van der Waals surface area contributed by atoms with Crippen LogP contribution >= 0.6 is 15.9 Å². The van der Waals surface area contributed by atoms with Gasteiger partial charge in [-0.05, 0) is 59.8 Å². The Morgan fingerprint density at radius 2 is 2.05 bits per heavy atom. The van der Waals surface area contributed by atoms with Gasteiger partial charge in [-0.15, -0.1) is 0 Å². The number of benzene rings is 1. The molecular weight excluding hydrogens is 304 g/mol. The summed E-state index contributed by atoms with van der Waals surface area (Å²) in [5, 5.41) is 3.11. The largest absolute Gasteiger partial charge is 0.398 e. The van der Waals surface area contributed by atoms with Crippen LogP contribution in [0.2, 0.25) is 0 Å². The number of carbonyl (C=O) groups excluding carboxylic acids is 1. The van der Waals surface area contributed by atoms with Crippen molar-refractivity contribution in [3.05, 3.63) is 28.2 Å². The molecule has 1 saturated carbocycles. The number of anilines is 1. The first-order valence-corrected chi connectivity index (χ1v) is 7.73. The zero-order valence-corrected chi connectivity index (χ0v) is 12.9. The van der Waals surface area contributed by atoms with E-state index in [0.717, 1.165) is 4.47 Å². The fraction of sp³-hybridized carbons (Fsp3) is 0.533. The van der Waals surface area contributed by atoms with Crippen molar-refractivity contribution >= 4 is 27.5 Å². The number of nitrogens with one attached hydrogen (secondary N) is 1.